The quantitative estimate of drug-likeness (QED) is 0.0856. The van der Waals surface area contributed by atoms with Crippen LogP contribution in [0.25, 0.3) is 10.4 Å². The second kappa shape index (κ2) is 19.1. The number of imide groups is 1. The fourth-order valence-electron chi connectivity index (χ4n) is 8.66. The van der Waals surface area contributed by atoms with E-state index in [-0.39, 0.29) is 83.8 Å². The number of nitrogens with zero attached hydrogens (tertiary/aromatic N) is 3. The van der Waals surface area contributed by atoms with Gasteiger partial charge in [-0.3, -0.25) is 19.7 Å². The zero-order valence-corrected chi connectivity index (χ0v) is 37.3. The highest BCUT2D eigenvalue weighted by molar-refractivity contribution is 7.88. The molecule has 0 unspecified atom stereocenters. The van der Waals surface area contributed by atoms with E-state index in [2.05, 4.69) is 21.3 Å². The van der Waals surface area contributed by atoms with Crippen molar-refractivity contribution in [2.75, 3.05) is 48.7 Å². The number of piperidine rings is 3. The Morgan fingerprint density at radius 2 is 1.55 bits per heavy atom. The molecule has 3 aromatic carbocycles. The van der Waals surface area contributed by atoms with Crippen molar-refractivity contribution >= 4 is 85.7 Å². The highest BCUT2D eigenvalue weighted by Gasteiger charge is 2.40. The van der Waals surface area contributed by atoms with E-state index >= 15 is 0 Å². The molecule has 0 saturated carbocycles. The number of sulfonamides is 1. The molecule has 8 rings (SSSR count). The van der Waals surface area contributed by atoms with Gasteiger partial charge in [-0.15, -0.1) is 11.3 Å². The predicted octanol–water partition coefficient (Wildman–Crippen LogP) is 5.51. The summed E-state index contributed by atoms with van der Waals surface area (Å²) >= 11 is 7.36. The number of carbonyl (C=O) groups is 6. The molecular formula is C44H46ClN7O11S2. The van der Waals surface area contributed by atoms with Gasteiger partial charge in [0.25, 0.3) is 5.91 Å². The summed E-state index contributed by atoms with van der Waals surface area (Å²) in [6, 6.07) is 18.4. The van der Waals surface area contributed by atoms with Crippen LogP contribution in [-0.4, -0.2) is 119 Å². The lowest BCUT2D eigenvalue weighted by molar-refractivity contribution is -0.139. The fourth-order valence-corrected chi connectivity index (χ4v) is 11.6. The van der Waals surface area contributed by atoms with Crippen LogP contribution < -0.4 is 26.0 Å². The molecule has 1 atom stereocenters. The molecule has 0 spiro atoms. The van der Waals surface area contributed by atoms with Crippen molar-refractivity contribution in [2.24, 2.45) is 0 Å². The second-order valence-corrected chi connectivity index (χ2v) is 19.7. The number of likely N-dealkylation sites (tertiary alicyclic amines) is 1. The maximum absolute atomic E-state index is 13.6. The van der Waals surface area contributed by atoms with Crippen LogP contribution in [0.2, 0.25) is 5.02 Å². The molecule has 0 aliphatic carbocycles. The van der Waals surface area contributed by atoms with Crippen molar-refractivity contribution in [1.29, 1.82) is 0 Å². The molecule has 0 radical (unpaired) electrons. The van der Waals surface area contributed by atoms with Crippen molar-refractivity contribution < 1.29 is 52.1 Å². The van der Waals surface area contributed by atoms with Crippen LogP contribution in [0.3, 0.4) is 0 Å². The van der Waals surface area contributed by atoms with Gasteiger partial charge in [-0.2, -0.15) is 0 Å². The number of anilines is 3. The number of thiophene rings is 1. The summed E-state index contributed by atoms with van der Waals surface area (Å²) < 4.78 is 33.9. The molecule has 21 heteroatoms. The number of carboxylic acid groups (broad SMARTS) is 2. The fraction of sp³-hybridized carbons (Fsp3) is 0.364. The van der Waals surface area contributed by atoms with Gasteiger partial charge in [0.15, 0.2) is 17.2 Å². The largest absolute Gasteiger partial charge is 0.479 e. The number of carbonyl (C=O) groups excluding carboxylic acids is 4. The topological polar surface area (TPSA) is 244 Å². The first kappa shape index (κ1) is 45.4. The number of hydrogen-bond acceptors (Lipinski definition) is 12. The number of rotatable bonds is 14. The number of nitrogens with one attached hydrogen (secondary N) is 4. The number of amides is 5. The van der Waals surface area contributed by atoms with E-state index < -0.39 is 40.5 Å². The van der Waals surface area contributed by atoms with Crippen molar-refractivity contribution in [3.63, 3.8) is 0 Å². The Hall–Kier alpha value is -6.22. The number of ether oxygens (including phenoxy) is 1. The van der Waals surface area contributed by atoms with Gasteiger partial charge < -0.3 is 40.7 Å². The summed E-state index contributed by atoms with van der Waals surface area (Å²) in [7, 11) is -3.70. The second-order valence-electron chi connectivity index (χ2n) is 16.3. The van der Waals surface area contributed by atoms with Crippen LogP contribution in [0.1, 0.15) is 69.7 Å². The van der Waals surface area contributed by atoms with Gasteiger partial charge in [0.2, 0.25) is 21.8 Å². The molecule has 1 aromatic heterocycles. The maximum Gasteiger partial charge on any atom is 0.349 e. The monoisotopic (exact) mass is 947 g/mol. The molecule has 5 heterocycles. The van der Waals surface area contributed by atoms with Crippen LogP contribution in [0.4, 0.5) is 21.9 Å². The Morgan fingerprint density at radius 3 is 2.28 bits per heavy atom. The summed E-state index contributed by atoms with van der Waals surface area (Å²) in [6.07, 6.45) is 2.80. The Bertz CT molecular complexity index is 2660. The van der Waals surface area contributed by atoms with Gasteiger partial charge in [0, 0.05) is 79.4 Å². The van der Waals surface area contributed by atoms with Crippen LogP contribution in [0.5, 0.6) is 5.75 Å². The van der Waals surface area contributed by atoms with E-state index in [0.29, 0.717) is 71.7 Å². The number of halogens is 1. The van der Waals surface area contributed by atoms with Crippen molar-refractivity contribution in [1.82, 2.24) is 19.4 Å². The first-order chi connectivity index (χ1) is 31.1. The van der Waals surface area contributed by atoms with Crippen molar-refractivity contribution in [2.45, 2.75) is 68.9 Å². The van der Waals surface area contributed by atoms with Gasteiger partial charge in [0.1, 0.15) is 11.1 Å². The van der Waals surface area contributed by atoms with Gasteiger partial charge in [-0.05, 0) is 79.6 Å². The normalized spacial score (nSPS) is 18.5. The molecule has 4 aliphatic heterocycles. The van der Waals surface area contributed by atoms with Crippen LogP contribution in [-0.2, 0) is 36.7 Å². The zero-order valence-electron chi connectivity index (χ0n) is 34.9. The average molecular weight is 948 g/mol. The molecule has 6 N–H and O–H groups in total. The van der Waals surface area contributed by atoms with E-state index in [4.69, 9.17) is 21.4 Å². The number of carboxylic acids is 2. The third kappa shape index (κ3) is 10.2. The number of aliphatic carboxylic acids is 1. The average Bonchev–Trinajstić information content (AvgIpc) is 3.79. The van der Waals surface area contributed by atoms with Crippen LogP contribution >= 0.6 is 22.9 Å². The minimum absolute atomic E-state index is 0.0000688. The molecule has 4 aromatic rings. The van der Waals surface area contributed by atoms with E-state index in [0.717, 1.165) is 22.6 Å². The van der Waals surface area contributed by atoms with E-state index in [9.17, 15) is 42.3 Å². The molecule has 0 bridgehead atoms. The number of hydrogen-bond donors (Lipinski definition) is 6. The van der Waals surface area contributed by atoms with Gasteiger partial charge in [0.05, 0.1) is 10.6 Å². The molecule has 65 heavy (non-hydrogen) atoms. The standard InChI is InChI=1S/C44H46ClN7O11S2/c45-37-38(63-23-36(54)55)40(43(58)59)64-39(37)26-5-2-7-30(21-26)46-27-14-18-51(19-15-27)65(61,62)24-25-4-1-6-29(20-25)48-44(60)50-16-12-28(13-17-50)47-33-9-3-8-31-32(33)22-52(42(31)57)34-10-11-35(53)49-41(34)56/h1-9,20-21,27-28,34,46-47H,10-19,22-24H2,(H,48,60)(H,54,55)(H,58,59)(H,49,53,56)/t34-/m1/s1. The smallest absolute Gasteiger partial charge is 0.349 e. The summed E-state index contributed by atoms with van der Waals surface area (Å²) in [4.78, 5) is 77.2. The SMILES string of the molecule is O=C(O)COc1c(C(=O)O)sc(-c2cccc(NC3CCN(S(=O)(=O)Cc4cccc(NC(=O)N5CCC(Nc6cccc7c6CN([C@@H]6CCC(=O)NC6=O)C7=O)CC5)c4)CC3)c2)c1Cl. The molecule has 3 fully saturated rings. The van der Waals surface area contributed by atoms with Crippen LogP contribution in [0, 0.1) is 0 Å². The van der Waals surface area contributed by atoms with Crippen LogP contribution in [0.15, 0.2) is 66.7 Å². The van der Waals surface area contributed by atoms with Gasteiger partial charge >= 0.3 is 18.0 Å². The minimum atomic E-state index is -3.70. The zero-order chi connectivity index (χ0) is 46.0. The van der Waals surface area contributed by atoms with E-state index in [1.807, 2.05) is 12.1 Å². The predicted molar refractivity (Wildman–Crippen MR) is 242 cm³/mol. The molecule has 3 saturated heterocycles. The summed E-state index contributed by atoms with van der Waals surface area (Å²) in [5.74, 6) is -4.06. The Morgan fingerprint density at radius 1 is 0.862 bits per heavy atom. The molecular weight excluding hydrogens is 902 g/mol. The van der Waals surface area contributed by atoms with Gasteiger partial charge in [-0.25, -0.2) is 27.1 Å². The lowest BCUT2D eigenvalue weighted by atomic mass is 10.0. The Labute approximate surface area is 382 Å². The lowest BCUT2D eigenvalue weighted by Gasteiger charge is -2.33. The van der Waals surface area contributed by atoms with Crippen molar-refractivity contribution in [3.05, 3.63) is 93.3 Å². The number of urea groups is 1. The Balaban J connectivity index is 0.806. The molecule has 4 aliphatic rings. The number of fused-ring (bicyclic) bond motifs is 1. The molecule has 5 amide bonds. The maximum atomic E-state index is 13.6. The van der Waals surface area contributed by atoms with E-state index in [1.165, 1.54) is 9.21 Å². The number of aromatic carboxylic acids is 1. The third-order valence-electron chi connectivity index (χ3n) is 11.9. The van der Waals surface area contributed by atoms with Gasteiger partial charge in [-0.1, -0.05) is 41.9 Å². The summed E-state index contributed by atoms with van der Waals surface area (Å²) in [5.41, 5.74) is 4.45. The minimum Gasteiger partial charge on any atom is -0.479 e. The summed E-state index contributed by atoms with van der Waals surface area (Å²) in [6.45, 7) is 1.01. The van der Waals surface area contributed by atoms with Crippen molar-refractivity contribution in [3.8, 4) is 16.2 Å². The highest BCUT2D eigenvalue weighted by atomic mass is 35.5. The molecule has 342 valence electrons. The summed E-state index contributed by atoms with van der Waals surface area (Å²) in [5, 5.41) is 30.9. The highest BCUT2D eigenvalue weighted by Crippen LogP contribution is 2.46. The van der Waals surface area contributed by atoms with E-state index in [1.54, 1.807) is 59.5 Å². The lowest BCUT2D eigenvalue weighted by Crippen LogP contribution is -2.52. The first-order valence-corrected chi connectivity index (χ1v) is 23.9. The molecule has 18 nitrogen and oxygen atoms in total. The first-order valence-electron chi connectivity index (χ1n) is 21.1. The third-order valence-corrected chi connectivity index (χ3v) is 15.5. The Kier molecular flexibility index (Phi) is 13.3. The number of benzene rings is 3.